The quantitative estimate of drug-likeness (QED) is 0.811. The van der Waals surface area contributed by atoms with Gasteiger partial charge < -0.3 is 20.7 Å². The van der Waals surface area contributed by atoms with Crippen molar-refractivity contribution in [2.24, 2.45) is 0 Å². The van der Waals surface area contributed by atoms with Crippen molar-refractivity contribution >= 4 is 17.4 Å². The highest BCUT2D eigenvalue weighted by Gasteiger charge is 2.19. The summed E-state index contributed by atoms with van der Waals surface area (Å²) in [6, 6.07) is -0.427. The van der Waals surface area contributed by atoms with Crippen molar-refractivity contribution in [3.05, 3.63) is 6.33 Å². The second-order valence-electron chi connectivity index (χ2n) is 4.83. The van der Waals surface area contributed by atoms with Crippen LogP contribution < -0.4 is 15.8 Å². The van der Waals surface area contributed by atoms with Gasteiger partial charge in [-0.2, -0.15) is 4.98 Å². The summed E-state index contributed by atoms with van der Waals surface area (Å²) >= 11 is 0. The van der Waals surface area contributed by atoms with Crippen LogP contribution in [-0.2, 0) is 4.79 Å². The number of carbonyl (C=O) groups is 1. The summed E-state index contributed by atoms with van der Waals surface area (Å²) in [6.07, 6.45) is 1.32. The zero-order valence-electron chi connectivity index (χ0n) is 12.7. The Morgan fingerprint density at radius 3 is 2.65 bits per heavy atom. The molecule has 0 fully saturated rings. The molecule has 1 unspecified atom stereocenters. The zero-order valence-corrected chi connectivity index (χ0v) is 12.7. The third-order valence-electron chi connectivity index (χ3n) is 2.77. The van der Waals surface area contributed by atoms with E-state index in [1.807, 2.05) is 20.8 Å². The lowest BCUT2D eigenvalue weighted by atomic mass is 10.3. The SMILES string of the molecule is CCN(C)C(=O)C(C)Nc1ncnc(OC(C)C)c1N. The molecule has 112 valence electrons. The van der Waals surface area contributed by atoms with Crippen LogP contribution >= 0.6 is 0 Å². The van der Waals surface area contributed by atoms with Crippen LogP contribution in [0.25, 0.3) is 0 Å². The first-order chi connectivity index (χ1) is 9.36. The lowest BCUT2D eigenvalue weighted by Crippen LogP contribution is -2.39. The van der Waals surface area contributed by atoms with Crippen LogP contribution in [-0.4, -0.2) is 46.5 Å². The average Bonchev–Trinajstić information content (AvgIpc) is 2.40. The first kappa shape index (κ1) is 16.0. The second kappa shape index (κ2) is 6.93. The molecule has 0 spiro atoms. The molecule has 0 saturated heterocycles. The van der Waals surface area contributed by atoms with Gasteiger partial charge in [-0.3, -0.25) is 4.79 Å². The molecule has 1 rings (SSSR count). The highest BCUT2D eigenvalue weighted by Crippen LogP contribution is 2.25. The summed E-state index contributed by atoms with van der Waals surface area (Å²) in [6.45, 7) is 8.09. The second-order valence-corrected chi connectivity index (χ2v) is 4.83. The molecule has 7 nitrogen and oxygen atoms in total. The molecule has 0 aromatic carbocycles. The van der Waals surface area contributed by atoms with Crippen molar-refractivity contribution in [1.29, 1.82) is 0 Å². The van der Waals surface area contributed by atoms with Gasteiger partial charge in [0.25, 0.3) is 0 Å². The maximum Gasteiger partial charge on any atom is 0.244 e. The predicted octanol–water partition coefficient (Wildman–Crippen LogP) is 1.12. The Morgan fingerprint density at radius 1 is 1.45 bits per heavy atom. The Morgan fingerprint density at radius 2 is 2.10 bits per heavy atom. The number of anilines is 2. The van der Waals surface area contributed by atoms with Gasteiger partial charge in [0, 0.05) is 13.6 Å². The Bertz CT molecular complexity index is 464. The Hall–Kier alpha value is -2.05. The summed E-state index contributed by atoms with van der Waals surface area (Å²) in [7, 11) is 1.75. The Balaban J connectivity index is 2.85. The first-order valence-corrected chi connectivity index (χ1v) is 6.65. The van der Waals surface area contributed by atoms with E-state index in [4.69, 9.17) is 10.5 Å². The van der Waals surface area contributed by atoms with Crippen molar-refractivity contribution < 1.29 is 9.53 Å². The van der Waals surface area contributed by atoms with E-state index in [0.29, 0.717) is 23.9 Å². The summed E-state index contributed by atoms with van der Waals surface area (Å²) in [5.74, 6) is 0.693. The number of carbonyl (C=O) groups excluding carboxylic acids is 1. The van der Waals surface area contributed by atoms with Gasteiger partial charge in [-0.25, -0.2) is 4.98 Å². The molecule has 1 aromatic heterocycles. The number of hydrogen-bond donors (Lipinski definition) is 2. The lowest BCUT2D eigenvalue weighted by molar-refractivity contribution is -0.130. The van der Waals surface area contributed by atoms with Crippen LogP contribution in [0.1, 0.15) is 27.7 Å². The molecule has 0 saturated carbocycles. The van der Waals surface area contributed by atoms with Crippen molar-refractivity contribution in [3.8, 4) is 5.88 Å². The minimum atomic E-state index is -0.427. The lowest BCUT2D eigenvalue weighted by Gasteiger charge is -2.21. The van der Waals surface area contributed by atoms with Gasteiger partial charge in [-0.15, -0.1) is 0 Å². The minimum absolute atomic E-state index is 0.0307. The summed E-state index contributed by atoms with van der Waals surface area (Å²) in [4.78, 5) is 21.7. The van der Waals surface area contributed by atoms with E-state index in [0.717, 1.165) is 0 Å². The van der Waals surface area contributed by atoms with Gasteiger partial charge in [0.2, 0.25) is 11.8 Å². The zero-order chi connectivity index (χ0) is 15.3. The molecule has 1 aromatic rings. The fourth-order valence-electron chi connectivity index (χ4n) is 1.56. The summed E-state index contributed by atoms with van der Waals surface area (Å²) < 4.78 is 5.48. The third-order valence-corrected chi connectivity index (χ3v) is 2.77. The molecule has 0 radical (unpaired) electrons. The highest BCUT2D eigenvalue weighted by atomic mass is 16.5. The van der Waals surface area contributed by atoms with Crippen LogP contribution in [0.4, 0.5) is 11.5 Å². The molecule has 0 aliphatic carbocycles. The Labute approximate surface area is 119 Å². The number of nitrogen functional groups attached to an aromatic ring is 1. The number of nitrogens with two attached hydrogens (primary N) is 1. The maximum atomic E-state index is 12.0. The fraction of sp³-hybridized carbons (Fsp3) is 0.615. The van der Waals surface area contributed by atoms with E-state index >= 15 is 0 Å². The molecule has 1 amide bonds. The standard InChI is InChI=1S/C13H23N5O2/c1-6-18(5)13(19)9(4)17-11-10(14)12(16-7-15-11)20-8(2)3/h7-9H,6,14H2,1-5H3,(H,15,16,17). The molecule has 0 bridgehead atoms. The van der Waals surface area contributed by atoms with E-state index in [9.17, 15) is 4.79 Å². The normalized spacial score (nSPS) is 12.1. The molecule has 7 heteroatoms. The van der Waals surface area contributed by atoms with Gasteiger partial charge in [0.05, 0.1) is 6.10 Å². The number of amides is 1. The van der Waals surface area contributed by atoms with E-state index in [-0.39, 0.29) is 12.0 Å². The number of nitrogens with one attached hydrogen (secondary N) is 1. The van der Waals surface area contributed by atoms with Crippen molar-refractivity contribution in [2.75, 3.05) is 24.6 Å². The van der Waals surface area contributed by atoms with Crippen molar-refractivity contribution in [1.82, 2.24) is 14.9 Å². The highest BCUT2D eigenvalue weighted by molar-refractivity contribution is 5.85. The van der Waals surface area contributed by atoms with Gasteiger partial charge >= 0.3 is 0 Å². The monoisotopic (exact) mass is 281 g/mol. The van der Waals surface area contributed by atoms with Gasteiger partial charge in [-0.05, 0) is 27.7 Å². The van der Waals surface area contributed by atoms with Crippen LogP contribution in [0.15, 0.2) is 6.33 Å². The molecular formula is C13H23N5O2. The number of ether oxygens (including phenoxy) is 1. The van der Waals surface area contributed by atoms with Gasteiger partial charge in [-0.1, -0.05) is 0 Å². The number of nitrogens with zero attached hydrogens (tertiary/aromatic N) is 3. The third kappa shape index (κ3) is 3.97. The molecule has 1 atom stereocenters. The van der Waals surface area contributed by atoms with Crippen LogP contribution in [0, 0.1) is 0 Å². The van der Waals surface area contributed by atoms with E-state index in [1.54, 1.807) is 18.9 Å². The summed E-state index contributed by atoms with van der Waals surface area (Å²) in [5.41, 5.74) is 6.26. The number of aromatic nitrogens is 2. The molecule has 3 N–H and O–H groups in total. The maximum absolute atomic E-state index is 12.0. The van der Waals surface area contributed by atoms with E-state index < -0.39 is 6.04 Å². The Kier molecular flexibility index (Phi) is 5.54. The van der Waals surface area contributed by atoms with Crippen molar-refractivity contribution in [2.45, 2.75) is 39.8 Å². The van der Waals surface area contributed by atoms with Crippen LogP contribution in [0.3, 0.4) is 0 Å². The summed E-state index contributed by atoms with van der Waals surface area (Å²) in [5, 5.41) is 2.99. The molecule has 0 aliphatic rings. The largest absolute Gasteiger partial charge is 0.473 e. The molecule has 20 heavy (non-hydrogen) atoms. The van der Waals surface area contributed by atoms with Crippen molar-refractivity contribution in [3.63, 3.8) is 0 Å². The topological polar surface area (TPSA) is 93.4 Å². The smallest absolute Gasteiger partial charge is 0.244 e. The first-order valence-electron chi connectivity index (χ1n) is 6.65. The van der Waals surface area contributed by atoms with Crippen LogP contribution in [0.2, 0.25) is 0 Å². The average molecular weight is 281 g/mol. The molecule has 1 heterocycles. The van der Waals surface area contributed by atoms with E-state index in [2.05, 4.69) is 15.3 Å². The number of hydrogen-bond acceptors (Lipinski definition) is 6. The fourth-order valence-corrected chi connectivity index (χ4v) is 1.56. The van der Waals surface area contributed by atoms with Crippen LogP contribution in [0.5, 0.6) is 5.88 Å². The van der Waals surface area contributed by atoms with E-state index in [1.165, 1.54) is 6.33 Å². The number of rotatable bonds is 6. The predicted molar refractivity (Wildman–Crippen MR) is 78.6 cm³/mol. The molecule has 0 aliphatic heterocycles. The molecular weight excluding hydrogens is 258 g/mol. The van der Waals surface area contributed by atoms with Gasteiger partial charge in [0.1, 0.15) is 18.1 Å². The number of likely N-dealkylation sites (N-methyl/N-ethyl adjacent to an activating group) is 1. The minimum Gasteiger partial charge on any atom is -0.473 e. The van der Waals surface area contributed by atoms with Gasteiger partial charge in [0.15, 0.2) is 5.82 Å².